The Morgan fingerprint density at radius 3 is 2.63 bits per heavy atom. The Hall–Kier alpha value is -1.50. The first-order valence-electron chi connectivity index (χ1n) is 5.74. The number of benzene rings is 1. The van der Waals surface area contributed by atoms with E-state index >= 15 is 0 Å². The van der Waals surface area contributed by atoms with Crippen LogP contribution in [-0.2, 0) is 0 Å². The van der Waals surface area contributed by atoms with Gasteiger partial charge in [-0.3, -0.25) is 0 Å². The normalized spacial score (nSPS) is 12.3. The maximum atomic E-state index is 12.6. The van der Waals surface area contributed by atoms with Crippen LogP contribution in [0.2, 0.25) is 0 Å². The van der Waals surface area contributed by atoms with E-state index in [1.807, 2.05) is 0 Å². The Morgan fingerprint density at radius 2 is 2.05 bits per heavy atom. The molecule has 0 saturated heterocycles. The molecule has 0 spiro atoms. The number of halogens is 3. The standard InChI is InChI=1S/C12H14F3N3S/c1-7(2)18(5-12(13,14)15)8-3-4-9-11(10(8)16)17-6-19-9/h3-4,6-7H,5,16H2,1-2H3. The molecule has 104 valence electrons. The third-order valence-corrected chi connectivity index (χ3v) is 3.60. The minimum Gasteiger partial charge on any atom is -0.395 e. The number of hydrogen-bond acceptors (Lipinski definition) is 4. The van der Waals surface area contributed by atoms with Crippen LogP contribution in [0.3, 0.4) is 0 Å². The molecule has 0 aliphatic rings. The molecule has 0 unspecified atom stereocenters. The smallest absolute Gasteiger partial charge is 0.395 e. The summed E-state index contributed by atoms with van der Waals surface area (Å²) in [6.07, 6.45) is -4.27. The van der Waals surface area contributed by atoms with Crippen molar-refractivity contribution >= 4 is 32.9 Å². The average molecular weight is 289 g/mol. The van der Waals surface area contributed by atoms with Gasteiger partial charge in [-0.05, 0) is 26.0 Å². The van der Waals surface area contributed by atoms with Gasteiger partial charge in [0.05, 0.1) is 21.6 Å². The third-order valence-electron chi connectivity index (χ3n) is 2.80. The molecule has 0 aliphatic heterocycles. The highest BCUT2D eigenvalue weighted by Crippen LogP contribution is 2.34. The molecule has 0 amide bonds. The lowest BCUT2D eigenvalue weighted by Gasteiger charge is -2.30. The second-order valence-electron chi connectivity index (χ2n) is 4.53. The Bertz CT molecular complexity index is 577. The van der Waals surface area contributed by atoms with Gasteiger partial charge < -0.3 is 10.6 Å². The highest BCUT2D eigenvalue weighted by molar-refractivity contribution is 7.16. The molecule has 2 N–H and O–H groups in total. The van der Waals surface area contributed by atoms with Crippen molar-refractivity contribution in [2.24, 2.45) is 0 Å². The summed E-state index contributed by atoms with van der Waals surface area (Å²) >= 11 is 1.41. The van der Waals surface area contributed by atoms with E-state index in [9.17, 15) is 13.2 Å². The van der Waals surface area contributed by atoms with Gasteiger partial charge in [0.2, 0.25) is 0 Å². The number of nitrogens with two attached hydrogens (primary N) is 1. The molecule has 19 heavy (non-hydrogen) atoms. The molecule has 0 atom stereocenters. The van der Waals surface area contributed by atoms with Crippen LogP contribution in [0.25, 0.3) is 10.2 Å². The van der Waals surface area contributed by atoms with Crippen molar-refractivity contribution in [3.05, 3.63) is 17.6 Å². The Balaban J connectivity index is 2.47. The number of hydrogen-bond donors (Lipinski definition) is 1. The molecule has 0 radical (unpaired) electrons. The average Bonchev–Trinajstić information content (AvgIpc) is 2.74. The quantitative estimate of drug-likeness (QED) is 0.877. The molecule has 1 aromatic heterocycles. The second kappa shape index (κ2) is 4.88. The molecule has 0 aliphatic carbocycles. The maximum Gasteiger partial charge on any atom is 0.405 e. The second-order valence-corrected chi connectivity index (χ2v) is 5.42. The molecule has 3 nitrogen and oxygen atoms in total. The summed E-state index contributed by atoms with van der Waals surface area (Å²) in [4.78, 5) is 5.35. The van der Waals surface area contributed by atoms with E-state index in [0.29, 0.717) is 16.9 Å². The van der Waals surface area contributed by atoms with E-state index in [2.05, 4.69) is 4.98 Å². The molecule has 0 bridgehead atoms. The van der Waals surface area contributed by atoms with Crippen molar-refractivity contribution in [2.75, 3.05) is 17.2 Å². The summed E-state index contributed by atoms with van der Waals surface area (Å²) in [7, 11) is 0. The number of fused-ring (bicyclic) bond motifs is 1. The molecule has 0 saturated carbocycles. The summed E-state index contributed by atoms with van der Waals surface area (Å²) in [5.41, 5.74) is 8.84. The zero-order valence-corrected chi connectivity index (χ0v) is 11.3. The first kappa shape index (κ1) is 13.9. The molecule has 2 aromatic rings. The summed E-state index contributed by atoms with van der Waals surface area (Å²) in [5.74, 6) is 0. The lowest BCUT2D eigenvalue weighted by Crippen LogP contribution is -2.39. The fourth-order valence-corrected chi connectivity index (χ4v) is 2.62. The van der Waals surface area contributed by atoms with Crippen molar-refractivity contribution in [1.82, 2.24) is 4.98 Å². The molecule has 7 heteroatoms. The fourth-order valence-electron chi connectivity index (χ4n) is 1.93. The van der Waals surface area contributed by atoms with Gasteiger partial charge in [-0.15, -0.1) is 11.3 Å². The van der Waals surface area contributed by atoms with Gasteiger partial charge in [-0.25, -0.2) is 4.98 Å². The Kier molecular flexibility index (Phi) is 3.58. The molecule has 0 fully saturated rings. The van der Waals surface area contributed by atoms with Crippen LogP contribution in [0.4, 0.5) is 24.5 Å². The van der Waals surface area contributed by atoms with Crippen molar-refractivity contribution in [1.29, 1.82) is 0 Å². The fraction of sp³-hybridized carbons (Fsp3) is 0.417. The number of anilines is 2. The molecular formula is C12H14F3N3S. The van der Waals surface area contributed by atoms with Gasteiger partial charge in [0, 0.05) is 6.04 Å². The van der Waals surface area contributed by atoms with Crippen LogP contribution in [0.1, 0.15) is 13.8 Å². The van der Waals surface area contributed by atoms with E-state index in [-0.39, 0.29) is 6.04 Å². The highest BCUT2D eigenvalue weighted by atomic mass is 32.1. The number of thiazole rings is 1. The van der Waals surface area contributed by atoms with E-state index in [1.165, 1.54) is 16.2 Å². The van der Waals surface area contributed by atoms with Crippen LogP contribution in [-0.4, -0.2) is 23.7 Å². The monoisotopic (exact) mass is 289 g/mol. The molecule has 2 rings (SSSR count). The number of rotatable bonds is 3. The SMILES string of the molecule is CC(C)N(CC(F)(F)F)c1ccc2scnc2c1N. The first-order chi connectivity index (χ1) is 8.79. The van der Waals surface area contributed by atoms with Crippen LogP contribution in [0.5, 0.6) is 0 Å². The number of nitrogen functional groups attached to an aromatic ring is 1. The maximum absolute atomic E-state index is 12.6. The predicted molar refractivity (Wildman–Crippen MR) is 72.6 cm³/mol. The van der Waals surface area contributed by atoms with E-state index in [0.717, 1.165) is 4.70 Å². The molecular weight excluding hydrogens is 275 g/mol. The predicted octanol–water partition coefficient (Wildman–Crippen LogP) is 3.66. The van der Waals surface area contributed by atoms with Gasteiger partial charge in [0.15, 0.2) is 0 Å². The zero-order valence-electron chi connectivity index (χ0n) is 10.5. The Morgan fingerprint density at radius 1 is 1.37 bits per heavy atom. The lowest BCUT2D eigenvalue weighted by atomic mass is 10.2. The van der Waals surface area contributed by atoms with Gasteiger partial charge in [0.1, 0.15) is 12.1 Å². The van der Waals surface area contributed by atoms with Gasteiger partial charge in [-0.2, -0.15) is 13.2 Å². The van der Waals surface area contributed by atoms with Gasteiger partial charge >= 0.3 is 6.18 Å². The summed E-state index contributed by atoms with van der Waals surface area (Å²) in [6.45, 7) is 2.39. The van der Waals surface area contributed by atoms with Crippen LogP contribution in [0.15, 0.2) is 17.6 Å². The summed E-state index contributed by atoms with van der Waals surface area (Å²) in [6, 6.07) is 3.08. The van der Waals surface area contributed by atoms with Crippen molar-refractivity contribution in [3.8, 4) is 0 Å². The van der Waals surface area contributed by atoms with E-state index in [1.54, 1.807) is 31.5 Å². The van der Waals surface area contributed by atoms with Gasteiger partial charge in [0.25, 0.3) is 0 Å². The van der Waals surface area contributed by atoms with Crippen LogP contribution in [0, 0.1) is 0 Å². The largest absolute Gasteiger partial charge is 0.405 e. The summed E-state index contributed by atoms with van der Waals surface area (Å²) < 4.78 is 38.8. The molecule has 1 aromatic carbocycles. The van der Waals surface area contributed by atoms with Crippen LogP contribution >= 0.6 is 11.3 Å². The lowest BCUT2D eigenvalue weighted by molar-refractivity contribution is -0.120. The van der Waals surface area contributed by atoms with Crippen molar-refractivity contribution in [3.63, 3.8) is 0 Å². The number of nitrogens with zero attached hydrogens (tertiary/aromatic N) is 2. The zero-order chi connectivity index (χ0) is 14.2. The minimum atomic E-state index is -4.27. The van der Waals surface area contributed by atoms with E-state index in [4.69, 9.17) is 5.73 Å². The third kappa shape index (κ3) is 2.91. The minimum absolute atomic E-state index is 0.303. The number of aromatic nitrogens is 1. The highest BCUT2D eigenvalue weighted by Gasteiger charge is 2.33. The molecule has 1 heterocycles. The first-order valence-corrected chi connectivity index (χ1v) is 6.62. The number of alkyl halides is 3. The topological polar surface area (TPSA) is 42.2 Å². The Labute approximate surface area is 112 Å². The van der Waals surface area contributed by atoms with Crippen molar-refractivity contribution < 1.29 is 13.2 Å². The van der Waals surface area contributed by atoms with Crippen LogP contribution < -0.4 is 10.6 Å². The summed E-state index contributed by atoms with van der Waals surface area (Å²) in [5, 5.41) is 0. The van der Waals surface area contributed by atoms with Crippen molar-refractivity contribution in [2.45, 2.75) is 26.1 Å². The van der Waals surface area contributed by atoms with E-state index < -0.39 is 12.7 Å². The van der Waals surface area contributed by atoms with Gasteiger partial charge in [-0.1, -0.05) is 0 Å².